The number of ether oxygens (including phenoxy) is 5. The van der Waals surface area contributed by atoms with Gasteiger partial charge in [0.25, 0.3) is 0 Å². The molecule has 19 nitrogen and oxygen atoms in total. The number of ketones is 1. The van der Waals surface area contributed by atoms with Crippen LogP contribution in [0.2, 0.25) is 0 Å². The average Bonchev–Trinajstić information content (AvgIpc) is 3.60. The van der Waals surface area contributed by atoms with Crippen molar-refractivity contribution in [1.29, 1.82) is 0 Å². The Labute approximate surface area is 311 Å². The summed E-state index contributed by atoms with van der Waals surface area (Å²) < 4.78 is 27.6. The molecule has 2 saturated heterocycles. The molecule has 2 aromatic carbocycles. The molecular formula is C36H41NO18. The number of aliphatic hydroxyl groups is 6. The van der Waals surface area contributed by atoms with E-state index in [1.165, 1.54) is 24.3 Å². The first-order valence-corrected chi connectivity index (χ1v) is 17.3. The zero-order chi connectivity index (χ0) is 39.9. The molecule has 0 spiro atoms. The molecule has 0 amide bonds. The number of aromatic hydroxyl groups is 3. The molecule has 3 aromatic rings. The van der Waals surface area contributed by atoms with Crippen LogP contribution in [0.4, 0.5) is 0 Å². The summed E-state index contributed by atoms with van der Waals surface area (Å²) in [5, 5.41) is 104. The number of nitrogens with zero attached hydrogens (tertiary/aromatic N) is 1. The molecule has 2 fully saturated rings. The van der Waals surface area contributed by atoms with E-state index in [9.17, 15) is 65.4 Å². The molecule has 11 N–H and O–H groups in total. The number of carboxylic acid groups (broad SMARTS) is 1. The van der Waals surface area contributed by atoms with Crippen LogP contribution in [0.5, 0.6) is 28.7 Å². The van der Waals surface area contributed by atoms with Crippen molar-refractivity contribution in [3.05, 3.63) is 64.5 Å². The Morgan fingerprint density at radius 3 is 2.22 bits per heavy atom. The van der Waals surface area contributed by atoms with E-state index in [-0.39, 0.29) is 41.3 Å². The number of rotatable bonds is 11. The Morgan fingerprint density at radius 2 is 1.55 bits per heavy atom. The van der Waals surface area contributed by atoms with E-state index in [1.807, 2.05) is 6.92 Å². The lowest BCUT2D eigenvalue weighted by molar-refractivity contribution is -0.302. The van der Waals surface area contributed by atoms with Gasteiger partial charge in [-0.2, -0.15) is 11.9 Å². The summed E-state index contributed by atoms with van der Waals surface area (Å²) in [6, 6.07) is 6.94. The van der Waals surface area contributed by atoms with Gasteiger partial charge in [-0.25, -0.2) is 9.59 Å². The summed E-state index contributed by atoms with van der Waals surface area (Å²) in [6.45, 7) is 2.03. The summed E-state index contributed by atoms with van der Waals surface area (Å²) in [5.41, 5.74) is 1.65. The number of aromatic nitrogens is 1. The largest absolute Gasteiger partial charge is 0.667 e. The molecule has 298 valence electrons. The third-order valence-electron chi connectivity index (χ3n) is 9.64. The summed E-state index contributed by atoms with van der Waals surface area (Å²) in [5.74, 6) is -5.37. The number of unbranched alkanes of at least 4 members (excludes halogenated alkanes) is 1. The van der Waals surface area contributed by atoms with E-state index in [4.69, 9.17) is 23.7 Å². The van der Waals surface area contributed by atoms with E-state index < -0.39 is 96.7 Å². The Balaban J connectivity index is 1.32. The maximum Gasteiger partial charge on any atom is 0.340 e. The Morgan fingerprint density at radius 1 is 0.873 bits per heavy atom. The molecule has 3 aliphatic rings. The van der Waals surface area contributed by atoms with Crippen LogP contribution in [0.25, 0.3) is 0 Å². The summed E-state index contributed by atoms with van der Waals surface area (Å²) >= 11 is 0. The minimum Gasteiger partial charge on any atom is -0.667 e. The number of carbonyl (C=O) groups excluding carboxylic acids is 2. The highest BCUT2D eigenvalue weighted by atomic mass is 16.7. The molecule has 0 radical (unpaired) electrons. The van der Waals surface area contributed by atoms with Crippen molar-refractivity contribution in [3.63, 3.8) is 0 Å². The number of fused-ring (bicyclic) bond motifs is 1. The van der Waals surface area contributed by atoms with Gasteiger partial charge in [0.05, 0.1) is 0 Å². The molecule has 0 bridgehead atoms. The normalized spacial score (nSPS) is 30.6. The maximum absolute atomic E-state index is 13.3. The van der Waals surface area contributed by atoms with Crippen LogP contribution in [-0.2, 0) is 36.6 Å². The molecule has 4 heterocycles. The molecule has 0 aliphatic carbocycles. The van der Waals surface area contributed by atoms with E-state index in [0.29, 0.717) is 17.5 Å². The molecule has 0 saturated carbocycles. The van der Waals surface area contributed by atoms with Crippen LogP contribution in [0, 0.1) is 0 Å². The highest BCUT2D eigenvalue weighted by Gasteiger charge is 2.53. The van der Waals surface area contributed by atoms with Crippen LogP contribution in [0.15, 0.2) is 36.5 Å². The molecule has 11 atom stereocenters. The number of carboxylic acids is 1. The maximum atomic E-state index is 13.3. The van der Waals surface area contributed by atoms with Gasteiger partial charge in [-0.05, 0) is 24.1 Å². The van der Waals surface area contributed by atoms with Crippen molar-refractivity contribution in [1.82, 2.24) is 4.98 Å². The number of phenolic OH excluding ortho intramolecular Hbond substituents is 3. The van der Waals surface area contributed by atoms with Crippen molar-refractivity contribution < 1.29 is 89.1 Å². The van der Waals surface area contributed by atoms with Crippen LogP contribution >= 0.6 is 0 Å². The number of esters is 1. The van der Waals surface area contributed by atoms with Crippen LogP contribution in [0.3, 0.4) is 0 Å². The van der Waals surface area contributed by atoms with E-state index in [0.717, 1.165) is 18.5 Å². The highest BCUT2D eigenvalue weighted by Crippen LogP contribution is 2.47. The SMILES string of the molecule is CCCCc1cc(Cc2c(O[C@H]3O[C@H](C(=O)O[C@H]4O[C@H](C(=O)O)[C@@H](O)[C@H](O)[C@H]4O)[C@@H](O)[C@H](O)[C@H]3O)cc3c(c2O)C(=[OH+])CC(c2ccc(O)c(O)c2)O3)c[n-]1. The van der Waals surface area contributed by atoms with Gasteiger partial charge in [0.2, 0.25) is 12.6 Å². The third kappa shape index (κ3) is 7.91. The molecular weight excluding hydrogens is 734 g/mol. The first-order chi connectivity index (χ1) is 26.1. The number of hydrogen-bond donors (Lipinski definition) is 10. The number of carbonyl (C=O) groups is 2. The summed E-state index contributed by atoms with van der Waals surface area (Å²) in [6.07, 6.45) is -18.4. The zero-order valence-corrected chi connectivity index (χ0v) is 29.1. The van der Waals surface area contributed by atoms with Crippen LogP contribution in [-0.4, -0.2) is 135 Å². The number of aliphatic hydroxyl groups excluding tert-OH is 6. The minimum absolute atomic E-state index is 0.0191. The zero-order valence-electron chi connectivity index (χ0n) is 29.1. The monoisotopic (exact) mass is 775 g/mol. The average molecular weight is 776 g/mol. The predicted octanol–water partition coefficient (Wildman–Crippen LogP) is -1.27. The second-order valence-corrected chi connectivity index (χ2v) is 13.5. The molecule has 55 heavy (non-hydrogen) atoms. The molecule has 19 heteroatoms. The molecule has 1 aromatic heterocycles. The summed E-state index contributed by atoms with van der Waals surface area (Å²) in [7, 11) is 0. The minimum atomic E-state index is -2.19. The third-order valence-corrected chi connectivity index (χ3v) is 9.64. The lowest BCUT2D eigenvalue weighted by atomic mass is 9.92. The van der Waals surface area contributed by atoms with Gasteiger partial charge in [-0.15, -0.1) is 0 Å². The fourth-order valence-electron chi connectivity index (χ4n) is 6.56. The number of hydrogen-bond acceptors (Lipinski definition) is 16. The molecule has 1 unspecified atom stereocenters. The fourth-order valence-corrected chi connectivity index (χ4v) is 6.56. The van der Waals surface area contributed by atoms with Gasteiger partial charge in [-0.1, -0.05) is 37.5 Å². The second-order valence-electron chi connectivity index (χ2n) is 13.5. The quantitative estimate of drug-likeness (QED) is 0.0617. The van der Waals surface area contributed by atoms with E-state index >= 15 is 0 Å². The Hall–Kier alpha value is -4.99. The predicted molar refractivity (Wildman–Crippen MR) is 181 cm³/mol. The van der Waals surface area contributed by atoms with Crippen molar-refractivity contribution >= 4 is 17.7 Å². The Bertz CT molecular complexity index is 1910. The van der Waals surface area contributed by atoms with Crippen molar-refractivity contribution in [2.45, 2.75) is 107 Å². The lowest BCUT2D eigenvalue weighted by Gasteiger charge is -2.41. The van der Waals surface area contributed by atoms with Crippen molar-refractivity contribution in [3.8, 4) is 28.7 Å². The van der Waals surface area contributed by atoms with Gasteiger partial charge in [0.15, 0.2) is 29.3 Å². The van der Waals surface area contributed by atoms with Gasteiger partial charge in [-0.3, -0.25) is 4.79 Å². The smallest absolute Gasteiger partial charge is 0.340 e. The number of aliphatic carboxylic acids is 1. The topological polar surface area (TPSA) is 318 Å². The first kappa shape index (κ1) is 39.7. The standard InChI is InChI=1S/C36H40NO18/c1-2-3-4-15-7-13(12-37-15)8-16-21(11-22-23(24(16)41)19(40)10-20(51-22)14-5-6-17(38)18(39)9-14)52-35-29(46)26(43)28(45)32(54-35)34(50)55-36-30(47)25(42)27(44)31(53-36)33(48)49/h5-7,9,11-12,20,25-32,35-36,38-39,42-47H,2-4,8,10H2,1H3,(H,40,41)(H,48,49)/q-1/p+1/t20?,25-,26-,27-,28-,29+,30+,31-,32-,35-,36+/m0/s1. The van der Waals surface area contributed by atoms with Crippen molar-refractivity contribution in [2.24, 2.45) is 0 Å². The van der Waals surface area contributed by atoms with Gasteiger partial charge >= 0.3 is 17.7 Å². The highest BCUT2D eigenvalue weighted by molar-refractivity contribution is 6.04. The molecule has 6 rings (SSSR count). The van der Waals surface area contributed by atoms with E-state index in [2.05, 4.69) is 4.98 Å². The number of phenols is 3. The van der Waals surface area contributed by atoms with Gasteiger partial charge in [0, 0.05) is 18.1 Å². The fraction of sp³-hybridized carbons (Fsp3) is 0.472. The summed E-state index contributed by atoms with van der Waals surface area (Å²) in [4.78, 5) is 40.3. The van der Waals surface area contributed by atoms with Crippen LogP contribution in [0.1, 0.15) is 60.2 Å². The first-order valence-electron chi connectivity index (χ1n) is 17.3. The van der Waals surface area contributed by atoms with Crippen LogP contribution < -0.4 is 14.5 Å². The number of aryl methyl sites for hydroxylation is 1. The van der Waals surface area contributed by atoms with Gasteiger partial charge in [0.1, 0.15) is 66.4 Å². The second kappa shape index (κ2) is 16.0. The Kier molecular flexibility index (Phi) is 11.6. The lowest BCUT2D eigenvalue weighted by Crippen LogP contribution is -2.63. The van der Waals surface area contributed by atoms with Gasteiger partial charge < -0.3 is 79.7 Å². The van der Waals surface area contributed by atoms with E-state index in [1.54, 1.807) is 12.3 Å². The van der Waals surface area contributed by atoms with Crippen molar-refractivity contribution in [2.75, 3.05) is 0 Å². The molecule has 3 aliphatic heterocycles. The number of benzene rings is 2.